The van der Waals surface area contributed by atoms with Gasteiger partial charge in [0.25, 0.3) is 0 Å². The molecule has 0 amide bonds. The Morgan fingerprint density at radius 3 is 2.05 bits per heavy atom. The molecular weight excluding hydrogens is 244 g/mol. The topological polar surface area (TPSA) is 20.2 Å². The average molecular weight is 278 g/mol. The lowest BCUT2D eigenvalue weighted by atomic mass is 9.69. The van der Waals surface area contributed by atoms with Crippen molar-refractivity contribution in [3.05, 3.63) is 11.6 Å². The van der Waals surface area contributed by atoms with Crippen LogP contribution in [0.2, 0.25) is 0 Å². The highest BCUT2D eigenvalue weighted by Crippen LogP contribution is 2.41. The Labute approximate surface area is 125 Å². The van der Waals surface area contributed by atoms with Gasteiger partial charge in [0, 0.05) is 0 Å². The van der Waals surface area contributed by atoms with Crippen molar-refractivity contribution < 1.29 is 5.11 Å². The Hall–Kier alpha value is -0.300. The van der Waals surface area contributed by atoms with E-state index in [9.17, 15) is 5.11 Å². The molecule has 0 heterocycles. The molecule has 0 aromatic carbocycles. The summed E-state index contributed by atoms with van der Waals surface area (Å²) in [5, 5.41) is 9.72. The molecule has 0 saturated heterocycles. The van der Waals surface area contributed by atoms with Crippen LogP contribution in [0.25, 0.3) is 0 Å². The zero-order chi connectivity index (χ0) is 14.6. The van der Waals surface area contributed by atoms with Crippen molar-refractivity contribution in [2.24, 2.45) is 23.2 Å². The number of rotatable bonds is 3. The number of hydrogen-bond acceptors (Lipinski definition) is 1. The van der Waals surface area contributed by atoms with E-state index in [0.717, 1.165) is 11.8 Å². The van der Waals surface area contributed by atoms with Gasteiger partial charge < -0.3 is 5.11 Å². The minimum Gasteiger partial charge on any atom is -0.392 e. The lowest BCUT2D eigenvalue weighted by molar-refractivity contribution is 0.162. The van der Waals surface area contributed by atoms with Crippen molar-refractivity contribution in [2.45, 2.75) is 78.6 Å². The normalized spacial score (nSPS) is 30.5. The van der Waals surface area contributed by atoms with Crippen LogP contribution in [0.3, 0.4) is 0 Å². The molecule has 1 heteroatoms. The zero-order valence-corrected chi connectivity index (χ0v) is 13.8. The Bertz CT molecular complexity index is 309. The zero-order valence-electron chi connectivity index (χ0n) is 13.8. The van der Waals surface area contributed by atoms with Crippen LogP contribution < -0.4 is 0 Å². The van der Waals surface area contributed by atoms with Crippen molar-refractivity contribution in [1.82, 2.24) is 0 Å². The van der Waals surface area contributed by atoms with E-state index >= 15 is 0 Å². The first kappa shape index (κ1) is 16.1. The van der Waals surface area contributed by atoms with E-state index in [1.54, 1.807) is 0 Å². The van der Waals surface area contributed by atoms with Gasteiger partial charge in [0.05, 0.1) is 6.61 Å². The molecule has 116 valence electrons. The smallest absolute Gasteiger partial charge is 0.0644 e. The molecule has 2 aliphatic rings. The van der Waals surface area contributed by atoms with Gasteiger partial charge in [-0.05, 0) is 67.3 Å². The molecule has 0 bridgehead atoms. The summed E-state index contributed by atoms with van der Waals surface area (Å²) < 4.78 is 0. The maximum atomic E-state index is 9.72. The lowest BCUT2D eigenvalue weighted by Gasteiger charge is -2.36. The molecule has 1 N–H and O–H groups in total. The molecule has 2 aliphatic carbocycles. The van der Waals surface area contributed by atoms with Crippen LogP contribution in [0.4, 0.5) is 0 Å². The van der Waals surface area contributed by atoms with Crippen molar-refractivity contribution >= 4 is 0 Å². The third-order valence-electron chi connectivity index (χ3n) is 5.76. The van der Waals surface area contributed by atoms with E-state index in [4.69, 9.17) is 0 Å². The summed E-state index contributed by atoms with van der Waals surface area (Å²) in [4.78, 5) is 0. The van der Waals surface area contributed by atoms with Gasteiger partial charge in [-0.25, -0.2) is 0 Å². The van der Waals surface area contributed by atoms with Gasteiger partial charge in [-0.3, -0.25) is 0 Å². The molecule has 0 spiro atoms. The Kier molecular flexibility index (Phi) is 5.72. The van der Waals surface area contributed by atoms with Gasteiger partial charge in [0.15, 0.2) is 0 Å². The summed E-state index contributed by atoms with van der Waals surface area (Å²) in [5.74, 6) is 2.31. The molecule has 2 rings (SSSR count). The highest BCUT2D eigenvalue weighted by Gasteiger charge is 2.29. The summed E-state index contributed by atoms with van der Waals surface area (Å²) >= 11 is 0. The second-order valence-corrected chi connectivity index (χ2v) is 8.21. The van der Waals surface area contributed by atoms with Gasteiger partial charge in [-0.15, -0.1) is 0 Å². The summed E-state index contributed by atoms with van der Waals surface area (Å²) in [6.45, 7) is 7.45. The molecule has 0 aromatic rings. The summed E-state index contributed by atoms with van der Waals surface area (Å²) in [6, 6.07) is 0. The Morgan fingerprint density at radius 2 is 1.55 bits per heavy atom. The van der Waals surface area contributed by atoms with Gasteiger partial charge >= 0.3 is 0 Å². The van der Waals surface area contributed by atoms with E-state index in [1.807, 2.05) is 0 Å². The molecule has 0 aliphatic heterocycles. The second kappa shape index (κ2) is 7.11. The van der Waals surface area contributed by atoms with Crippen LogP contribution >= 0.6 is 0 Å². The van der Waals surface area contributed by atoms with Crippen LogP contribution in [0.1, 0.15) is 78.6 Å². The third kappa shape index (κ3) is 4.35. The van der Waals surface area contributed by atoms with Gasteiger partial charge in [-0.2, -0.15) is 0 Å². The number of allylic oxidation sites excluding steroid dienone is 1. The fourth-order valence-electron chi connectivity index (χ4n) is 4.25. The predicted octanol–water partition coefficient (Wildman–Crippen LogP) is 5.34. The van der Waals surface area contributed by atoms with E-state index in [1.165, 1.54) is 63.4 Å². The highest BCUT2D eigenvalue weighted by atomic mass is 16.3. The van der Waals surface area contributed by atoms with Crippen molar-refractivity contribution in [3.8, 4) is 0 Å². The minimum atomic E-state index is 0.296. The molecule has 2 fully saturated rings. The average Bonchev–Trinajstić information content (AvgIpc) is 2.45. The van der Waals surface area contributed by atoms with Crippen molar-refractivity contribution in [2.75, 3.05) is 6.61 Å². The third-order valence-corrected chi connectivity index (χ3v) is 5.76. The Balaban J connectivity index is 1.90. The van der Waals surface area contributed by atoms with Crippen LogP contribution in [0.5, 0.6) is 0 Å². The minimum absolute atomic E-state index is 0.296. The molecule has 2 saturated carbocycles. The van der Waals surface area contributed by atoms with Gasteiger partial charge in [0.1, 0.15) is 0 Å². The monoisotopic (exact) mass is 278 g/mol. The van der Waals surface area contributed by atoms with Gasteiger partial charge in [0.2, 0.25) is 0 Å². The van der Waals surface area contributed by atoms with Crippen LogP contribution in [0, 0.1) is 23.2 Å². The van der Waals surface area contributed by atoms with Crippen LogP contribution in [0.15, 0.2) is 11.6 Å². The maximum absolute atomic E-state index is 9.72. The van der Waals surface area contributed by atoms with Crippen LogP contribution in [-0.4, -0.2) is 11.7 Å². The van der Waals surface area contributed by atoms with E-state index in [0.29, 0.717) is 17.9 Å². The van der Waals surface area contributed by atoms with Crippen LogP contribution in [-0.2, 0) is 0 Å². The highest BCUT2D eigenvalue weighted by molar-refractivity contribution is 5.10. The first-order chi connectivity index (χ1) is 9.50. The first-order valence-corrected chi connectivity index (χ1v) is 8.82. The van der Waals surface area contributed by atoms with Gasteiger partial charge in [-0.1, -0.05) is 46.1 Å². The van der Waals surface area contributed by atoms with E-state index in [2.05, 4.69) is 26.8 Å². The maximum Gasteiger partial charge on any atom is 0.0644 e. The summed E-state index contributed by atoms with van der Waals surface area (Å²) in [5.41, 5.74) is 1.83. The lowest BCUT2D eigenvalue weighted by Crippen LogP contribution is -2.25. The van der Waals surface area contributed by atoms with E-state index in [-0.39, 0.29) is 0 Å². The fraction of sp³-hybridized carbons (Fsp3) is 0.895. The molecule has 1 nitrogen and oxygen atoms in total. The first-order valence-electron chi connectivity index (χ1n) is 8.82. The molecular formula is C19H34O. The number of hydrogen-bond donors (Lipinski definition) is 1. The quantitative estimate of drug-likeness (QED) is 0.691. The predicted molar refractivity (Wildman–Crippen MR) is 86.6 cm³/mol. The van der Waals surface area contributed by atoms with Crippen molar-refractivity contribution in [3.63, 3.8) is 0 Å². The van der Waals surface area contributed by atoms with E-state index < -0.39 is 0 Å². The summed E-state index contributed by atoms with van der Waals surface area (Å²) in [7, 11) is 0. The molecule has 0 radical (unpaired) electrons. The molecule has 20 heavy (non-hydrogen) atoms. The largest absolute Gasteiger partial charge is 0.392 e. The molecule has 0 unspecified atom stereocenters. The number of aliphatic hydroxyl groups is 1. The SMILES string of the molecule is CC(C)(C)C1CCC(/C=C(/CO)C2CCCCC2)CC1. The molecule has 0 atom stereocenters. The fourth-order valence-corrected chi connectivity index (χ4v) is 4.25. The number of aliphatic hydroxyl groups excluding tert-OH is 1. The van der Waals surface area contributed by atoms with Crippen molar-refractivity contribution in [1.29, 1.82) is 0 Å². The summed E-state index contributed by atoms with van der Waals surface area (Å²) in [6.07, 6.45) is 14.6. The Morgan fingerprint density at radius 1 is 0.950 bits per heavy atom. The molecule has 0 aromatic heterocycles. The standard InChI is InChI=1S/C19H34O/c1-19(2,3)18-11-9-15(10-12-18)13-17(14-20)16-7-5-4-6-8-16/h13,15-16,18,20H,4-12,14H2,1-3H3/b17-13-. The second-order valence-electron chi connectivity index (χ2n) is 8.21.